The van der Waals surface area contributed by atoms with Crippen LogP contribution in [0.3, 0.4) is 0 Å². The Morgan fingerprint density at radius 1 is 1.00 bits per heavy atom. The zero-order valence-corrected chi connectivity index (χ0v) is 16.7. The first-order chi connectivity index (χ1) is 14.5. The average molecular weight is 413 g/mol. The van der Waals surface area contributed by atoms with E-state index in [4.69, 9.17) is 18.9 Å². The van der Waals surface area contributed by atoms with Gasteiger partial charge in [-0.3, -0.25) is 9.69 Å². The number of benzene rings is 2. The average Bonchev–Trinajstić information content (AvgIpc) is 3.14. The highest BCUT2D eigenvalue weighted by molar-refractivity contribution is 6.06. The number of halogens is 1. The number of carbonyl (C=O) groups is 2. The van der Waals surface area contributed by atoms with Crippen LogP contribution in [0.4, 0.5) is 10.1 Å². The fourth-order valence-electron chi connectivity index (χ4n) is 3.93. The maximum absolute atomic E-state index is 13.3. The number of ether oxygens (including phenoxy) is 4. The number of hydrogen-bond donors (Lipinski definition) is 0. The Balaban J connectivity index is 1.84. The maximum Gasteiger partial charge on any atom is 0.336 e. The van der Waals surface area contributed by atoms with Crippen LogP contribution >= 0.6 is 0 Å². The normalized spacial score (nSPS) is 18.3. The Hall–Kier alpha value is -3.55. The van der Waals surface area contributed by atoms with Crippen molar-refractivity contribution in [3.8, 4) is 17.2 Å². The minimum atomic E-state index is -0.534. The Kier molecular flexibility index (Phi) is 5.07. The van der Waals surface area contributed by atoms with Crippen LogP contribution in [-0.4, -0.2) is 39.8 Å². The van der Waals surface area contributed by atoms with E-state index in [-0.39, 0.29) is 18.9 Å². The van der Waals surface area contributed by atoms with Gasteiger partial charge in [0.1, 0.15) is 12.4 Å². The summed E-state index contributed by atoms with van der Waals surface area (Å²) in [5.74, 6) is -0.385. The lowest BCUT2D eigenvalue weighted by Crippen LogP contribution is -2.37. The van der Waals surface area contributed by atoms with Crippen LogP contribution in [0.2, 0.25) is 0 Å². The summed E-state index contributed by atoms with van der Waals surface area (Å²) < 4.78 is 34.8. The summed E-state index contributed by atoms with van der Waals surface area (Å²) in [5, 5.41) is 0. The molecule has 2 heterocycles. The molecule has 0 N–H and O–H groups in total. The van der Waals surface area contributed by atoms with Crippen LogP contribution in [0.1, 0.15) is 17.9 Å². The van der Waals surface area contributed by atoms with Gasteiger partial charge in [0.25, 0.3) is 0 Å². The molecule has 0 aliphatic carbocycles. The van der Waals surface area contributed by atoms with Crippen LogP contribution in [0.15, 0.2) is 47.7 Å². The van der Waals surface area contributed by atoms with Gasteiger partial charge >= 0.3 is 5.97 Å². The predicted molar refractivity (Wildman–Crippen MR) is 105 cm³/mol. The third kappa shape index (κ3) is 3.14. The van der Waals surface area contributed by atoms with Gasteiger partial charge in [-0.25, -0.2) is 9.18 Å². The van der Waals surface area contributed by atoms with Gasteiger partial charge in [0, 0.05) is 18.0 Å². The lowest BCUT2D eigenvalue weighted by Gasteiger charge is -2.32. The number of rotatable bonds is 5. The van der Waals surface area contributed by atoms with Gasteiger partial charge in [0.2, 0.25) is 11.7 Å². The largest absolute Gasteiger partial charge is 0.493 e. The first-order valence-corrected chi connectivity index (χ1v) is 9.27. The van der Waals surface area contributed by atoms with Crippen molar-refractivity contribution in [2.24, 2.45) is 0 Å². The fourth-order valence-corrected chi connectivity index (χ4v) is 3.93. The SMILES string of the molecule is COc1cc(C2CC(=O)N(c3ccc(F)cc3)C3=C2C(=O)OC3)cc(OC)c1OC. The van der Waals surface area contributed by atoms with Gasteiger partial charge in [-0.2, -0.15) is 0 Å². The molecule has 8 heteroatoms. The van der Waals surface area contributed by atoms with Crippen LogP contribution in [-0.2, 0) is 14.3 Å². The highest BCUT2D eigenvalue weighted by Gasteiger charge is 2.43. The van der Waals surface area contributed by atoms with E-state index in [9.17, 15) is 14.0 Å². The van der Waals surface area contributed by atoms with Gasteiger partial charge in [-0.15, -0.1) is 0 Å². The molecule has 2 aromatic carbocycles. The monoisotopic (exact) mass is 413 g/mol. The zero-order chi connectivity index (χ0) is 21.4. The van der Waals surface area contributed by atoms with E-state index in [2.05, 4.69) is 0 Å². The summed E-state index contributed by atoms with van der Waals surface area (Å²) in [6.45, 7) is -0.0296. The highest BCUT2D eigenvalue weighted by Crippen LogP contribution is 2.46. The van der Waals surface area contributed by atoms with Crippen LogP contribution in [0.5, 0.6) is 17.2 Å². The molecule has 2 aliphatic rings. The summed E-state index contributed by atoms with van der Waals surface area (Å²) in [4.78, 5) is 27.1. The number of cyclic esters (lactones) is 1. The quantitative estimate of drug-likeness (QED) is 0.701. The molecule has 0 saturated carbocycles. The van der Waals surface area contributed by atoms with Crippen LogP contribution in [0.25, 0.3) is 0 Å². The Morgan fingerprint density at radius 2 is 1.63 bits per heavy atom. The smallest absolute Gasteiger partial charge is 0.336 e. The summed E-state index contributed by atoms with van der Waals surface area (Å²) in [6, 6.07) is 8.99. The first kappa shape index (κ1) is 19.8. The van der Waals surface area contributed by atoms with Gasteiger partial charge in [0.05, 0.1) is 32.6 Å². The van der Waals surface area contributed by atoms with Crippen molar-refractivity contribution in [1.29, 1.82) is 0 Å². The molecule has 1 atom stereocenters. The van der Waals surface area contributed by atoms with Gasteiger partial charge in [-0.1, -0.05) is 0 Å². The molecule has 156 valence electrons. The molecule has 0 fully saturated rings. The van der Waals surface area contributed by atoms with Gasteiger partial charge in [-0.05, 0) is 42.0 Å². The topological polar surface area (TPSA) is 74.3 Å². The molecule has 30 heavy (non-hydrogen) atoms. The second-order valence-electron chi connectivity index (χ2n) is 6.86. The molecule has 2 aliphatic heterocycles. The molecule has 7 nitrogen and oxygen atoms in total. The summed E-state index contributed by atoms with van der Waals surface area (Å²) in [5.41, 5.74) is 2.01. The maximum atomic E-state index is 13.3. The minimum Gasteiger partial charge on any atom is -0.493 e. The second-order valence-corrected chi connectivity index (χ2v) is 6.86. The number of nitrogens with zero attached hydrogens (tertiary/aromatic N) is 1. The Labute approximate surface area is 172 Å². The van der Waals surface area contributed by atoms with Crippen molar-refractivity contribution >= 4 is 17.6 Å². The number of anilines is 1. The van der Waals surface area contributed by atoms with E-state index >= 15 is 0 Å². The third-order valence-corrected chi connectivity index (χ3v) is 5.29. The van der Waals surface area contributed by atoms with Crippen molar-refractivity contribution in [2.75, 3.05) is 32.8 Å². The molecule has 0 bridgehead atoms. The molecule has 0 spiro atoms. The number of amides is 1. The van der Waals surface area contributed by atoms with Crippen molar-refractivity contribution in [2.45, 2.75) is 12.3 Å². The summed E-state index contributed by atoms with van der Waals surface area (Å²) >= 11 is 0. The third-order valence-electron chi connectivity index (χ3n) is 5.29. The number of esters is 1. The van der Waals surface area contributed by atoms with Crippen molar-refractivity contribution < 1.29 is 32.9 Å². The van der Waals surface area contributed by atoms with Crippen LogP contribution < -0.4 is 19.1 Å². The number of carbonyl (C=O) groups excluding carboxylic acids is 2. The predicted octanol–water partition coefficient (Wildman–Crippen LogP) is 3.18. The molecule has 0 aromatic heterocycles. The summed E-state index contributed by atoms with van der Waals surface area (Å²) in [7, 11) is 4.50. The molecule has 1 unspecified atom stereocenters. The highest BCUT2D eigenvalue weighted by atomic mass is 19.1. The van der Waals surface area contributed by atoms with Crippen molar-refractivity contribution in [1.82, 2.24) is 0 Å². The van der Waals surface area contributed by atoms with E-state index in [1.165, 1.54) is 50.5 Å². The minimum absolute atomic E-state index is 0.0296. The van der Waals surface area contributed by atoms with Crippen LogP contribution in [0, 0.1) is 5.82 Å². The van der Waals surface area contributed by atoms with E-state index in [1.807, 2.05) is 0 Å². The van der Waals surface area contributed by atoms with E-state index < -0.39 is 17.7 Å². The fraction of sp³-hybridized carbons (Fsp3) is 0.273. The van der Waals surface area contributed by atoms with E-state index in [0.29, 0.717) is 39.8 Å². The second kappa shape index (κ2) is 7.70. The Morgan fingerprint density at radius 3 is 2.20 bits per heavy atom. The zero-order valence-electron chi connectivity index (χ0n) is 16.7. The standard InChI is InChI=1S/C22H20FNO6/c1-27-17-8-12(9-18(28-2)21(17)29-3)15-10-19(25)24(14-6-4-13(23)5-7-14)16-11-30-22(26)20(15)16/h4-9,15H,10-11H2,1-3H3. The molecule has 1 amide bonds. The van der Waals surface area contributed by atoms with Gasteiger partial charge < -0.3 is 18.9 Å². The number of hydrogen-bond acceptors (Lipinski definition) is 6. The van der Waals surface area contributed by atoms with Crippen molar-refractivity contribution in [3.05, 3.63) is 59.0 Å². The molecule has 2 aromatic rings. The van der Waals surface area contributed by atoms with Gasteiger partial charge in [0.15, 0.2) is 11.5 Å². The first-order valence-electron chi connectivity index (χ1n) is 9.27. The lowest BCUT2D eigenvalue weighted by molar-refractivity contribution is -0.136. The van der Waals surface area contributed by atoms with E-state index in [1.54, 1.807) is 12.1 Å². The molecule has 4 rings (SSSR count). The van der Waals surface area contributed by atoms with Crippen molar-refractivity contribution in [3.63, 3.8) is 0 Å². The molecular formula is C22H20FNO6. The molecule has 0 radical (unpaired) electrons. The summed E-state index contributed by atoms with van der Waals surface area (Å²) in [6.07, 6.45) is 0.0317. The van der Waals surface area contributed by atoms with E-state index in [0.717, 1.165) is 0 Å². The number of methoxy groups -OCH3 is 3. The molecule has 0 saturated heterocycles. The lowest BCUT2D eigenvalue weighted by atomic mass is 9.83. The Bertz CT molecular complexity index is 1020. The molecular weight excluding hydrogens is 393 g/mol.